The van der Waals surface area contributed by atoms with E-state index in [2.05, 4.69) is 0 Å². The van der Waals surface area contributed by atoms with Crippen molar-refractivity contribution < 1.29 is 64.6 Å². The summed E-state index contributed by atoms with van der Waals surface area (Å²) >= 11 is 0. The summed E-state index contributed by atoms with van der Waals surface area (Å²) in [6, 6.07) is 0. The summed E-state index contributed by atoms with van der Waals surface area (Å²) in [5.74, 6) is -1.51. The van der Waals surface area contributed by atoms with Gasteiger partial charge in [0.25, 0.3) is 0 Å². The van der Waals surface area contributed by atoms with E-state index in [-0.39, 0.29) is 54.8 Å². The monoisotopic (exact) mass is 668 g/mol. The van der Waals surface area contributed by atoms with Crippen LogP contribution in [-0.4, -0.2) is 132 Å². The lowest BCUT2D eigenvalue weighted by atomic mass is 9.42. The van der Waals surface area contributed by atoms with Gasteiger partial charge in [0.2, 0.25) is 0 Å². The number of carbonyl (C=O) groups is 1. The van der Waals surface area contributed by atoms with Crippen molar-refractivity contribution in [3.8, 4) is 0 Å². The van der Waals surface area contributed by atoms with Crippen molar-refractivity contribution in [1.29, 1.82) is 0 Å². The molecular weight excluding hydrogens is 616 g/mol. The van der Waals surface area contributed by atoms with Crippen LogP contribution in [0.1, 0.15) is 72.6 Å². The summed E-state index contributed by atoms with van der Waals surface area (Å²) in [5, 5.41) is 86.5. The van der Waals surface area contributed by atoms with Gasteiger partial charge in [-0.05, 0) is 49.9 Å². The molecule has 266 valence electrons. The number of fused-ring (bicyclic) bond motifs is 4. The molecule has 0 aromatic rings. The number of hydrogen-bond donors (Lipinski definition) is 8. The van der Waals surface area contributed by atoms with Gasteiger partial charge in [-0.3, -0.25) is 0 Å². The second-order valence-corrected chi connectivity index (χ2v) is 16.2. The molecule has 1 spiro atoms. The highest BCUT2D eigenvalue weighted by Crippen LogP contribution is 2.75. The van der Waals surface area contributed by atoms with Crippen molar-refractivity contribution >= 4 is 5.97 Å². The summed E-state index contributed by atoms with van der Waals surface area (Å²) < 4.78 is 24.0. The molecule has 3 heterocycles. The molecule has 0 amide bonds. The number of cyclic esters (lactones) is 1. The first-order valence-electron chi connectivity index (χ1n) is 17.3. The lowest BCUT2D eigenvalue weighted by molar-refractivity contribution is -0.320. The van der Waals surface area contributed by atoms with Crippen molar-refractivity contribution in [3.05, 3.63) is 11.1 Å². The first-order chi connectivity index (χ1) is 22.1. The van der Waals surface area contributed by atoms with Crippen LogP contribution in [0.25, 0.3) is 0 Å². The van der Waals surface area contributed by atoms with Crippen molar-refractivity contribution in [2.45, 2.75) is 145 Å². The van der Waals surface area contributed by atoms with E-state index in [0.717, 1.165) is 5.57 Å². The summed E-state index contributed by atoms with van der Waals surface area (Å²) in [7, 11) is 0. The third-order valence-electron chi connectivity index (χ3n) is 14.4. The molecule has 7 unspecified atom stereocenters. The normalized spacial score (nSPS) is 56.2. The van der Waals surface area contributed by atoms with Gasteiger partial charge in [0, 0.05) is 36.5 Å². The van der Waals surface area contributed by atoms with E-state index in [1.807, 2.05) is 27.7 Å². The number of ether oxygens (including phenoxy) is 4. The smallest absolute Gasteiger partial charge is 0.336 e. The highest BCUT2D eigenvalue weighted by molar-refractivity contribution is 5.90. The van der Waals surface area contributed by atoms with Gasteiger partial charge in [-0.25, -0.2) is 4.79 Å². The topological polar surface area (TPSA) is 219 Å². The molecule has 2 saturated heterocycles. The molecule has 0 aromatic heterocycles. The number of rotatable bonds is 6. The minimum Gasteiger partial charge on any atom is -0.458 e. The first-order valence-corrected chi connectivity index (χ1v) is 17.3. The predicted molar refractivity (Wildman–Crippen MR) is 161 cm³/mol. The number of carbonyl (C=O) groups excluding carboxylic acids is 1. The van der Waals surface area contributed by atoms with Crippen LogP contribution in [0.5, 0.6) is 0 Å². The molecule has 4 saturated carbocycles. The Hall–Kier alpha value is -1.23. The van der Waals surface area contributed by atoms with Crippen molar-refractivity contribution in [3.63, 3.8) is 0 Å². The van der Waals surface area contributed by atoms with Gasteiger partial charge in [-0.2, -0.15) is 0 Å². The average Bonchev–Trinajstić information content (AvgIpc) is 3.67. The second kappa shape index (κ2) is 11.4. The van der Waals surface area contributed by atoms with Crippen molar-refractivity contribution in [2.75, 3.05) is 13.2 Å². The summed E-state index contributed by atoms with van der Waals surface area (Å²) in [5.41, 5.74) is -2.35. The number of esters is 1. The van der Waals surface area contributed by atoms with E-state index >= 15 is 0 Å². The van der Waals surface area contributed by atoms with Gasteiger partial charge in [0.1, 0.15) is 36.1 Å². The molecule has 7 rings (SSSR count). The fourth-order valence-electron chi connectivity index (χ4n) is 11.7. The Bertz CT molecular complexity index is 1290. The zero-order valence-corrected chi connectivity index (χ0v) is 27.6. The van der Waals surface area contributed by atoms with Crippen LogP contribution in [0.2, 0.25) is 0 Å². The summed E-state index contributed by atoms with van der Waals surface area (Å²) in [6.45, 7) is 6.92. The van der Waals surface area contributed by atoms with Crippen LogP contribution in [0.4, 0.5) is 0 Å². The molecule has 3 aliphatic heterocycles. The number of epoxide rings is 1. The van der Waals surface area contributed by atoms with E-state index in [0.29, 0.717) is 32.1 Å². The molecule has 47 heavy (non-hydrogen) atoms. The SMILES string of the molecule is CC1=C(CO)C(=O)OC(C(C)C2C(O)C[C@]3(O)C4C[C@H]5O[C@]56C[C@@H](O[C@@H]5O[C@H](CO)[C@@H](O)[C@H](O)[C@H]5O)CC(O)[C@]6(C)C4CC[C@]23C)C1. The Labute approximate surface area is 274 Å². The van der Waals surface area contributed by atoms with Gasteiger partial charge in [-0.1, -0.05) is 26.3 Å². The van der Waals surface area contributed by atoms with Crippen LogP contribution in [-0.2, 0) is 23.7 Å². The molecule has 8 N–H and O–H groups in total. The quantitative estimate of drug-likeness (QED) is 0.0997. The number of aliphatic hydroxyl groups is 8. The molecule has 0 bridgehead atoms. The zero-order chi connectivity index (χ0) is 34.0. The number of hydrogen-bond acceptors (Lipinski definition) is 13. The van der Waals surface area contributed by atoms with Gasteiger partial charge in [-0.15, -0.1) is 0 Å². The molecule has 7 aliphatic rings. The van der Waals surface area contributed by atoms with Crippen LogP contribution >= 0.6 is 0 Å². The Balaban J connectivity index is 1.11. The van der Waals surface area contributed by atoms with Crippen LogP contribution in [0.15, 0.2) is 11.1 Å². The van der Waals surface area contributed by atoms with Crippen molar-refractivity contribution in [1.82, 2.24) is 0 Å². The Morgan fingerprint density at radius 3 is 2.38 bits per heavy atom. The highest BCUT2D eigenvalue weighted by atomic mass is 16.7. The highest BCUT2D eigenvalue weighted by Gasteiger charge is 2.81. The Morgan fingerprint density at radius 1 is 1.00 bits per heavy atom. The molecule has 18 atom stereocenters. The lowest BCUT2D eigenvalue weighted by Crippen LogP contribution is -2.68. The van der Waals surface area contributed by atoms with Crippen LogP contribution < -0.4 is 0 Å². The van der Waals surface area contributed by atoms with Gasteiger partial charge in [0.05, 0.1) is 48.8 Å². The molecule has 13 nitrogen and oxygen atoms in total. The standard InChI is InChI=1S/C34H52O13/c1-14-7-21(45-29(42)17(14)12-35)15(2)25-20(37)11-33(43)19-9-24-34(47-24)10-16(44-30-28(41)27(40)26(39)22(13-36)46-30)8-23(38)32(34,4)18(19)5-6-31(25,33)3/h15-16,18-28,30,35-41,43H,5-13H2,1-4H3/t15?,16-,18?,19?,20?,21?,22+,23?,24+,25?,26+,27-,28+,30+,31+,32-,33-,34+/m0/s1. The maximum Gasteiger partial charge on any atom is 0.336 e. The minimum atomic E-state index is -1.57. The number of aliphatic hydroxyl groups excluding tert-OH is 7. The van der Waals surface area contributed by atoms with Crippen LogP contribution in [0, 0.1) is 34.5 Å². The summed E-state index contributed by atoms with van der Waals surface area (Å²) in [4.78, 5) is 12.7. The van der Waals surface area contributed by atoms with Crippen LogP contribution in [0.3, 0.4) is 0 Å². The Morgan fingerprint density at radius 2 is 1.72 bits per heavy atom. The largest absolute Gasteiger partial charge is 0.458 e. The molecule has 0 radical (unpaired) electrons. The van der Waals surface area contributed by atoms with E-state index in [4.69, 9.17) is 18.9 Å². The van der Waals surface area contributed by atoms with E-state index in [1.165, 1.54) is 0 Å². The lowest BCUT2D eigenvalue weighted by Gasteiger charge is -2.63. The first kappa shape index (κ1) is 34.2. The van der Waals surface area contributed by atoms with Gasteiger partial charge >= 0.3 is 5.97 Å². The molecule has 13 heteroatoms. The van der Waals surface area contributed by atoms with Gasteiger partial charge in [0.15, 0.2) is 6.29 Å². The maximum atomic E-state index is 12.8. The van der Waals surface area contributed by atoms with E-state index in [9.17, 15) is 45.6 Å². The predicted octanol–water partition coefficient (Wildman–Crippen LogP) is -0.721. The molecule has 6 fully saturated rings. The maximum absolute atomic E-state index is 12.8. The Kier molecular flexibility index (Phi) is 8.30. The fraction of sp³-hybridized carbons (Fsp3) is 0.912. The second-order valence-electron chi connectivity index (χ2n) is 16.2. The molecular formula is C34H52O13. The minimum absolute atomic E-state index is 0.117. The van der Waals surface area contributed by atoms with E-state index < -0.39 is 89.7 Å². The van der Waals surface area contributed by atoms with E-state index in [1.54, 1.807) is 0 Å². The molecule has 0 aromatic carbocycles. The fourth-order valence-corrected chi connectivity index (χ4v) is 11.7. The molecule has 4 aliphatic carbocycles. The van der Waals surface area contributed by atoms with Crippen molar-refractivity contribution in [2.24, 2.45) is 34.5 Å². The van der Waals surface area contributed by atoms with Gasteiger partial charge < -0.3 is 59.8 Å². The zero-order valence-electron chi connectivity index (χ0n) is 27.6. The average molecular weight is 669 g/mol. The summed E-state index contributed by atoms with van der Waals surface area (Å²) in [6.07, 6.45) is -7.06. The third-order valence-corrected chi connectivity index (χ3v) is 14.4. The third kappa shape index (κ3) is 4.58.